The Labute approximate surface area is 192 Å². The first kappa shape index (κ1) is 22.1. The maximum Gasteiger partial charge on any atom is 0.169 e. The zero-order chi connectivity index (χ0) is 23.2. The Morgan fingerprint density at radius 1 is 0.515 bits per heavy atom. The van der Waals surface area contributed by atoms with Crippen molar-refractivity contribution in [3.8, 4) is 34.5 Å². The fraction of sp³-hybridized carbons (Fsp3) is 0.143. The molecule has 0 aliphatic rings. The lowest BCUT2D eigenvalue weighted by atomic mass is 10.0. The summed E-state index contributed by atoms with van der Waals surface area (Å²) in [4.78, 5) is 0. The number of hydrogen-bond donors (Lipinski definition) is 4. The Kier molecular flexibility index (Phi) is 6.69. The zero-order valence-electron chi connectivity index (χ0n) is 18.1. The smallest absolute Gasteiger partial charge is 0.169 e. The van der Waals surface area contributed by atoms with Crippen molar-refractivity contribution in [2.45, 2.75) is 25.7 Å². The summed E-state index contributed by atoms with van der Waals surface area (Å²) in [5, 5.41) is 39.6. The third-order valence-corrected chi connectivity index (χ3v) is 5.52. The van der Waals surface area contributed by atoms with Crippen LogP contribution in [-0.2, 0) is 25.7 Å². The summed E-state index contributed by atoms with van der Waals surface area (Å²) in [6, 6.07) is 24.8. The molecule has 0 aliphatic heterocycles. The average Bonchev–Trinajstić information content (AvgIpc) is 2.80. The molecule has 0 atom stereocenters. The summed E-state index contributed by atoms with van der Waals surface area (Å²) in [5.74, 6) is 1.22. The molecule has 0 radical (unpaired) electrons. The first-order valence-corrected chi connectivity index (χ1v) is 10.8. The lowest BCUT2D eigenvalue weighted by Gasteiger charge is -2.13. The van der Waals surface area contributed by atoms with Crippen LogP contribution in [0.3, 0.4) is 0 Å². The summed E-state index contributed by atoms with van der Waals surface area (Å²) in [6.07, 6.45) is 2.78. The molecular weight excluding hydrogens is 416 g/mol. The van der Waals surface area contributed by atoms with Crippen molar-refractivity contribution < 1.29 is 25.2 Å². The molecule has 0 spiro atoms. The molecule has 4 N–H and O–H groups in total. The molecule has 168 valence electrons. The highest BCUT2D eigenvalue weighted by atomic mass is 16.5. The van der Waals surface area contributed by atoms with Crippen LogP contribution >= 0.6 is 0 Å². The van der Waals surface area contributed by atoms with Crippen molar-refractivity contribution in [2.24, 2.45) is 0 Å². The van der Waals surface area contributed by atoms with E-state index in [0.717, 1.165) is 29.5 Å². The van der Waals surface area contributed by atoms with Gasteiger partial charge in [-0.1, -0.05) is 36.4 Å². The molecule has 0 bridgehead atoms. The van der Waals surface area contributed by atoms with Crippen LogP contribution in [0.2, 0.25) is 0 Å². The molecule has 0 saturated carbocycles. The average molecular weight is 443 g/mol. The molecule has 0 fully saturated rings. The quantitative estimate of drug-likeness (QED) is 0.274. The van der Waals surface area contributed by atoms with Gasteiger partial charge in [-0.3, -0.25) is 0 Å². The topological polar surface area (TPSA) is 90.2 Å². The van der Waals surface area contributed by atoms with E-state index in [1.807, 2.05) is 48.5 Å². The zero-order valence-corrected chi connectivity index (χ0v) is 18.1. The number of phenolic OH excluding ortho intramolecular Hbond substituents is 4. The molecule has 33 heavy (non-hydrogen) atoms. The number of benzene rings is 4. The van der Waals surface area contributed by atoms with Gasteiger partial charge in [0, 0.05) is 6.07 Å². The summed E-state index contributed by atoms with van der Waals surface area (Å²) < 4.78 is 5.95. The van der Waals surface area contributed by atoms with Crippen LogP contribution in [0.4, 0.5) is 0 Å². The molecular formula is C28H26O5. The summed E-state index contributed by atoms with van der Waals surface area (Å²) in [7, 11) is 0. The number of phenols is 4. The molecule has 0 unspecified atom stereocenters. The van der Waals surface area contributed by atoms with Crippen LogP contribution in [-0.4, -0.2) is 20.4 Å². The van der Waals surface area contributed by atoms with Crippen LogP contribution in [0.25, 0.3) is 0 Å². The van der Waals surface area contributed by atoms with Crippen LogP contribution in [0.15, 0.2) is 84.9 Å². The number of aryl methyl sites for hydroxylation is 4. The minimum atomic E-state index is -0.133. The molecule has 5 heteroatoms. The highest BCUT2D eigenvalue weighted by Crippen LogP contribution is 2.37. The third-order valence-electron chi connectivity index (χ3n) is 5.52. The van der Waals surface area contributed by atoms with E-state index in [0.29, 0.717) is 24.2 Å². The summed E-state index contributed by atoms with van der Waals surface area (Å²) >= 11 is 0. The molecule has 4 rings (SSSR count). The second-order valence-electron chi connectivity index (χ2n) is 8.03. The Balaban J connectivity index is 1.45. The fourth-order valence-corrected chi connectivity index (χ4v) is 3.72. The van der Waals surface area contributed by atoms with Gasteiger partial charge < -0.3 is 25.2 Å². The van der Waals surface area contributed by atoms with Gasteiger partial charge in [-0.2, -0.15) is 0 Å². The molecule has 5 nitrogen and oxygen atoms in total. The van der Waals surface area contributed by atoms with E-state index in [1.165, 1.54) is 6.07 Å². The van der Waals surface area contributed by atoms with Gasteiger partial charge >= 0.3 is 0 Å². The van der Waals surface area contributed by atoms with Gasteiger partial charge in [0.1, 0.15) is 23.0 Å². The minimum Gasteiger partial charge on any atom is -0.508 e. The Bertz CT molecular complexity index is 1230. The standard InChI is InChI=1S/C28H26O5/c29-23-13-10-19(11-14-23)9-12-22-17-28(27(32)18-26(22)31)33-25-6-2-4-21(16-25)8-7-20-3-1-5-24(30)15-20/h1-6,10-11,13-18,29-32H,7-9,12H2. The van der Waals surface area contributed by atoms with E-state index >= 15 is 0 Å². The minimum absolute atomic E-state index is 0.0125. The van der Waals surface area contributed by atoms with Crippen molar-refractivity contribution in [1.82, 2.24) is 0 Å². The Hall–Kier alpha value is -4.12. The van der Waals surface area contributed by atoms with Crippen LogP contribution in [0.1, 0.15) is 22.3 Å². The summed E-state index contributed by atoms with van der Waals surface area (Å²) in [6.45, 7) is 0. The van der Waals surface area contributed by atoms with E-state index in [-0.39, 0.29) is 28.7 Å². The molecule has 0 aromatic heterocycles. The lowest BCUT2D eigenvalue weighted by molar-refractivity contribution is 0.401. The maximum atomic E-state index is 10.3. The van der Waals surface area contributed by atoms with Crippen molar-refractivity contribution in [1.29, 1.82) is 0 Å². The van der Waals surface area contributed by atoms with E-state index < -0.39 is 0 Å². The number of ether oxygens (including phenoxy) is 1. The summed E-state index contributed by atoms with van der Waals surface area (Å²) in [5.41, 5.74) is 3.82. The number of rotatable bonds is 8. The molecule has 0 saturated heterocycles. The van der Waals surface area contributed by atoms with Gasteiger partial charge in [0.2, 0.25) is 0 Å². The monoisotopic (exact) mass is 442 g/mol. The molecule has 0 amide bonds. The van der Waals surface area contributed by atoms with Gasteiger partial charge in [0.25, 0.3) is 0 Å². The third kappa shape index (κ3) is 5.98. The molecule has 0 heterocycles. The van der Waals surface area contributed by atoms with Gasteiger partial charge in [-0.25, -0.2) is 0 Å². The van der Waals surface area contributed by atoms with Crippen LogP contribution in [0.5, 0.6) is 34.5 Å². The molecule has 0 aliphatic carbocycles. The van der Waals surface area contributed by atoms with Gasteiger partial charge in [-0.15, -0.1) is 0 Å². The first-order chi connectivity index (χ1) is 16.0. The highest BCUT2D eigenvalue weighted by Gasteiger charge is 2.12. The second kappa shape index (κ2) is 10.0. The molecule has 4 aromatic rings. The molecule has 4 aromatic carbocycles. The van der Waals surface area contributed by atoms with Crippen molar-refractivity contribution in [3.63, 3.8) is 0 Å². The van der Waals surface area contributed by atoms with Crippen molar-refractivity contribution in [2.75, 3.05) is 0 Å². The Morgan fingerprint density at radius 2 is 1.18 bits per heavy atom. The van der Waals surface area contributed by atoms with Gasteiger partial charge in [-0.05, 0) is 90.4 Å². The van der Waals surface area contributed by atoms with Crippen LogP contribution in [0, 0.1) is 0 Å². The van der Waals surface area contributed by atoms with Gasteiger partial charge in [0.05, 0.1) is 0 Å². The lowest BCUT2D eigenvalue weighted by Crippen LogP contribution is -1.95. The first-order valence-electron chi connectivity index (χ1n) is 10.8. The van der Waals surface area contributed by atoms with E-state index in [2.05, 4.69) is 0 Å². The highest BCUT2D eigenvalue weighted by molar-refractivity contribution is 5.51. The normalized spacial score (nSPS) is 10.8. The van der Waals surface area contributed by atoms with Crippen molar-refractivity contribution >= 4 is 0 Å². The number of aromatic hydroxyl groups is 4. The van der Waals surface area contributed by atoms with Gasteiger partial charge in [0.15, 0.2) is 11.5 Å². The SMILES string of the molecule is Oc1ccc(CCc2cc(Oc3cccc(CCc4cccc(O)c4)c3)c(O)cc2O)cc1. The van der Waals surface area contributed by atoms with Crippen LogP contribution < -0.4 is 4.74 Å². The fourth-order valence-electron chi connectivity index (χ4n) is 3.72. The van der Waals surface area contributed by atoms with E-state index in [4.69, 9.17) is 4.74 Å². The second-order valence-corrected chi connectivity index (χ2v) is 8.03. The number of hydrogen-bond acceptors (Lipinski definition) is 5. The predicted octanol–water partition coefficient (Wildman–Crippen LogP) is 5.87. The Morgan fingerprint density at radius 3 is 1.91 bits per heavy atom. The predicted molar refractivity (Wildman–Crippen MR) is 127 cm³/mol. The largest absolute Gasteiger partial charge is 0.508 e. The van der Waals surface area contributed by atoms with E-state index in [1.54, 1.807) is 30.3 Å². The van der Waals surface area contributed by atoms with E-state index in [9.17, 15) is 20.4 Å². The van der Waals surface area contributed by atoms with Crippen molar-refractivity contribution in [3.05, 3.63) is 107 Å². The maximum absolute atomic E-state index is 10.3.